The van der Waals surface area contributed by atoms with Crippen molar-refractivity contribution in [2.45, 2.75) is 0 Å². The number of fused-ring (bicyclic) bond motifs is 3. The zero-order valence-corrected chi connectivity index (χ0v) is 27.4. The van der Waals surface area contributed by atoms with Crippen LogP contribution in [0.2, 0.25) is 0 Å². The number of aromatic nitrogens is 3. The molecule has 51 heavy (non-hydrogen) atoms. The van der Waals surface area contributed by atoms with Gasteiger partial charge in [0.1, 0.15) is 11.2 Å². The van der Waals surface area contributed by atoms with E-state index in [0.717, 1.165) is 66.4 Å². The van der Waals surface area contributed by atoms with Crippen molar-refractivity contribution in [3.05, 3.63) is 175 Å². The van der Waals surface area contributed by atoms with Crippen molar-refractivity contribution in [1.29, 1.82) is 5.26 Å². The Bertz CT molecular complexity index is 2660. The van der Waals surface area contributed by atoms with Gasteiger partial charge in [0, 0.05) is 27.5 Å². The molecule has 9 rings (SSSR count). The van der Waals surface area contributed by atoms with E-state index >= 15 is 0 Å². The smallest absolute Gasteiger partial charge is 0.167 e. The van der Waals surface area contributed by atoms with E-state index in [2.05, 4.69) is 60.7 Å². The molecule has 5 nitrogen and oxygen atoms in total. The molecule has 2 heterocycles. The molecule has 0 N–H and O–H groups in total. The highest BCUT2D eigenvalue weighted by molar-refractivity contribution is 6.19. The predicted molar refractivity (Wildman–Crippen MR) is 204 cm³/mol. The molecular weight excluding hydrogens is 625 g/mol. The summed E-state index contributed by atoms with van der Waals surface area (Å²) in [6, 6.07) is 59.2. The lowest BCUT2D eigenvalue weighted by atomic mass is 9.92. The zero-order chi connectivity index (χ0) is 34.1. The first-order valence-corrected chi connectivity index (χ1v) is 16.8. The van der Waals surface area contributed by atoms with Crippen molar-refractivity contribution in [2.24, 2.45) is 0 Å². The van der Waals surface area contributed by atoms with E-state index in [1.807, 2.05) is 115 Å². The summed E-state index contributed by atoms with van der Waals surface area (Å²) in [6.07, 6.45) is 0. The number of hydrogen-bond donors (Lipinski definition) is 0. The molecule has 0 fully saturated rings. The van der Waals surface area contributed by atoms with E-state index in [9.17, 15) is 5.26 Å². The molecule has 0 unspecified atom stereocenters. The lowest BCUT2D eigenvalue weighted by Crippen LogP contribution is -2.00. The molecule has 0 bridgehead atoms. The monoisotopic (exact) mass is 652 g/mol. The van der Waals surface area contributed by atoms with Gasteiger partial charge in [-0.05, 0) is 58.1 Å². The summed E-state index contributed by atoms with van der Waals surface area (Å²) >= 11 is 0. The maximum atomic E-state index is 9.54. The van der Waals surface area contributed by atoms with Gasteiger partial charge in [-0.1, -0.05) is 140 Å². The van der Waals surface area contributed by atoms with Crippen molar-refractivity contribution in [1.82, 2.24) is 15.0 Å². The van der Waals surface area contributed by atoms with Gasteiger partial charge in [0.2, 0.25) is 0 Å². The van der Waals surface area contributed by atoms with Crippen molar-refractivity contribution in [2.75, 3.05) is 0 Å². The molecule has 0 saturated heterocycles. The Kier molecular flexibility index (Phi) is 7.46. The summed E-state index contributed by atoms with van der Waals surface area (Å²) in [7, 11) is 0. The predicted octanol–water partition coefficient (Wildman–Crippen LogP) is 11.6. The Morgan fingerprint density at radius 1 is 0.392 bits per heavy atom. The van der Waals surface area contributed by atoms with Gasteiger partial charge in [-0.15, -0.1) is 0 Å². The van der Waals surface area contributed by atoms with Crippen molar-refractivity contribution in [3.8, 4) is 73.6 Å². The number of rotatable bonds is 6. The molecule has 0 saturated carbocycles. The number of hydrogen-bond acceptors (Lipinski definition) is 5. The van der Waals surface area contributed by atoms with Crippen LogP contribution in [0, 0.1) is 11.3 Å². The van der Waals surface area contributed by atoms with Gasteiger partial charge in [-0.3, -0.25) is 0 Å². The Morgan fingerprint density at radius 2 is 0.882 bits per heavy atom. The van der Waals surface area contributed by atoms with Crippen LogP contribution in [0.1, 0.15) is 5.56 Å². The normalized spacial score (nSPS) is 11.1. The first-order valence-electron chi connectivity index (χ1n) is 16.8. The van der Waals surface area contributed by atoms with E-state index in [4.69, 9.17) is 19.4 Å². The van der Waals surface area contributed by atoms with Gasteiger partial charge in [0.15, 0.2) is 17.5 Å². The molecule has 9 aromatic rings. The summed E-state index contributed by atoms with van der Waals surface area (Å²) in [5.74, 6) is 1.68. The first kappa shape index (κ1) is 29.9. The van der Waals surface area contributed by atoms with Crippen molar-refractivity contribution in [3.63, 3.8) is 0 Å². The first-order chi connectivity index (χ1) is 25.2. The molecule has 0 aliphatic carbocycles. The van der Waals surface area contributed by atoms with Crippen LogP contribution in [0.15, 0.2) is 174 Å². The SMILES string of the molecule is N#Cc1ccc(-c2ccc(-c3nc(-c4ccccc4)nc(-c4ccccc4)n3)c3oc4c(-c5ccccc5)cc(-c5ccccc5)cc4c23)cc1. The molecule has 0 aliphatic heterocycles. The highest BCUT2D eigenvalue weighted by Gasteiger charge is 2.23. The lowest BCUT2D eigenvalue weighted by Gasteiger charge is -2.11. The Balaban J connectivity index is 1.39. The topological polar surface area (TPSA) is 75.6 Å². The van der Waals surface area contributed by atoms with Crippen LogP contribution < -0.4 is 0 Å². The minimum Gasteiger partial charge on any atom is -0.455 e. The average Bonchev–Trinajstić information content (AvgIpc) is 3.61. The average molecular weight is 653 g/mol. The zero-order valence-electron chi connectivity index (χ0n) is 27.4. The second kappa shape index (κ2) is 12.7. The third-order valence-electron chi connectivity index (χ3n) is 9.18. The molecular formula is C46H28N4O. The lowest BCUT2D eigenvalue weighted by molar-refractivity contribution is 0.670. The highest BCUT2D eigenvalue weighted by atomic mass is 16.3. The number of nitriles is 1. The van der Waals surface area contributed by atoms with Crippen molar-refractivity contribution >= 4 is 21.9 Å². The molecule has 7 aromatic carbocycles. The quantitative estimate of drug-likeness (QED) is 0.179. The van der Waals surface area contributed by atoms with Gasteiger partial charge in [-0.25, -0.2) is 15.0 Å². The molecule has 0 amide bonds. The maximum absolute atomic E-state index is 9.54. The van der Waals surface area contributed by atoms with Crippen LogP contribution >= 0.6 is 0 Å². The van der Waals surface area contributed by atoms with Crippen LogP contribution in [0.25, 0.3) is 89.5 Å². The van der Waals surface area contributed by atoms with E-state index in [0.29, 0.717) is 28.6 Å². The fraction of sp³-hybridized carbons (Fsp3) is 0. The molecule has 0 radical (unpaired) electrons. The summed E-state index contributed by atoms with van der Waals surface area (Å²) in [6.45, 7) is 0. The van der Waals surface area contributed by atoms with Crippen LogP contribution in [-0.4, -0.2) is 15.0 Å². The van der Waals surface area contributed by atoms with Gasteiger partial charge >= 0.3 is 0 Å². The highest BCUT2D eigenvalue weighted by Crippen LogP contribution is 2.46. The van der Waals surface area contributed by atoms with E-state index in [-0.39, 0.29) is 0 Å². The summed E-state index contributed by atoms with van der Waals surface area (Å²) in [5, 5.41) is 11.5. The number of benzene rings is 7. The Hall–Kier alpha value is -7.16. The van der Waals surface area contributed by atoms with Gasteiger partial charge in [0.05, 0.1) is 17.2 Å². The standard InChI is InChI=1S/C46H28N4O/c47-29-30-21-23-33(24-22-30)37-25-26-38(46-49-44(34-17-9-3-10-18-34)48-45(50-46)35-19-11-4-12-20-35)43-41(37)40-28-36(31-13-5-1-6-14-31)27-39(42(40)51-43)32-15-7-2-8-16-32/h1-28H. The summed E-state index contributed by atoms with van der Waals surface area (Å²) in [4.78, 5) is 15.1. The fourth-order valence-corrected chi connectivity index (χ4v) is 6.68. The minimum absolute atomic E-state index is 0.516. The van der Waals surface area contributed by atoms with Gasteiger partial charge in [0.25, 0.3) is 0 Å². The molecule has 0 aliphatic rings. The van der Waals surface area contributed by atoms with E-state index < -0.39 is 0 Å². The fourth-order valence-electron chi connectivity index (χ4n) is 6.68. The molecule has 5 heteroatoms. The summed E-state index contributed by atoms with van der Waals surface area (Å²) < 4.78 is 7.06. The molecule has 2 aromatic heterocycles. The maximum Gasteiger partial charge on any atom is 0.167 e. The molecule has 0 atom stereocenters. The number of furan rings is 1. The Morgan fingerprint density at radius 3 is 1.45 bits per heavy atom. The second-order valence-electron chi connectivity index (χ2n) is 12.3. The van der Waals surface area contributed by atoms with E-state index in [1.54, 1.807) is 0 Å². The molecule has 0 spiro atoms. The van der Waals surface area contributed by atoms with Gasteiger partial charge < -0.3 is 4.42 Å². The summed E-state index contributed by atoms with van der Waals surface area (Å²) in [5.41, 5.74) is 10.8. The van der Waals surface area contributed by atoms with Crippen LogP contribution in [0.3, 0.4) is 0 Å². The van der Waals surface area contributed by atoms with Crippen LogP contribution in [-0.2, 0) is 0 Å². The van der Waals surface area contributed by atoms with Crippen LogP contribution in [0.4, 0.5) is 0 Å². The molecule has 238 valence electrons. The third kappa shape index (κ3) is 5.51. The Labute approximate surface area is 294 Å². The van der Waals surface area contributed by atoms with Crippen molar-refractivity contribution < 1.29 is 4.42 Å². The van der Waals surface area contributed by atoms with Crippen LogP contribution in [0.5, 0.6) is 0 Å². The van der Waals surface area contributed by atoms with E-state index in [1.165, 1.54) is 0 Å². The minimum atomic E-state index is 0.516. The third-order valence-corrected chi connectivity index (χ3v) is 9.18. The van der Waals surface area contributed by atoms with Gasteiger partial charge in [-0.2, -0.15) is 5.26 Å². The largest absolute Gasteiger partial charge is 0.455 e. The number of nitrogens with zero attached hydrogens (tertiary/aromatic N) is 4. The second-order valence-corrected chi connectivity index (χ2v) is 12.3.